The van der Waals surface area contributed by atoms with E-state index in [1.165, 1.54) is 0 Å². The third-order valence-corrected chi connectivity index (χ3v) is 2.82. The average Bonchev–Trinajstić information content (AvgIpc) is 2.30. The van der Waals surface area contributed by atoms with Gasteiger partial charge in [0.25, 0.3) is 0 Å². The van der Waals surface area contributed by atoms with Crippen LogP contribution >= 0.6 is 12.2 Å². The number of nitrogens with zero attached hydrogens (tertiary/aromatic N) is 1. The van der Waals surface area contributed by atoms with E-state index in [4.69, 9.17) is 17.0 Å². The molecule has 1 aromatic carbocycles. The van der Waals surface area contributed by atoms with Gasteiger partial charge in [-0.3, -0.25) is 0 Å². The first-order valence-electron chi connectivity index (χ1n) is 5.01. The lowest BCUT2D eigenvalue weighted by atomic mass is 10.2. The third kappa shape index (κ3) is 2.04. The Balaban J connectivity index is 2.30. The minimum Gasteiger partial charge on any atom is -0.495 e. The SMILES string of the molecule is COc1ccccc1N1CCCNC1=S. The van der Waals surface area contributed by atoms with Crippen molar-refractivity contribution >= 4 is 23.0 Å². The van der Waals surface area contributed by atoms with Crippen molar-refractivity contribution in [3.05, 3.63) is 24.3 Å². The Kier molecular flexibility index (Phi) is 3.06. The van der Waals surface area contributed by atoms with Gasteiger partial charge in [-0.25, -0.2) is 0 Å². The number of anilines is 1. The van der Waals surface area contributed by atoms with Crippen LogP contribution in [0.3, 0.4) is 0 Å². The summed E-state index contributed by atoms with van der Waals surface area (Å²) < 4.78 is 5.32. The molecule has 1 heterocycles. The molecule has 0 aromatic heterocycles. The lowest BCUT2D eigenvalue weighted by Gasteiger charge is -2.31. The fourth-order valence-corrected chi connectivity index (χ4v) is 2.00. The van der Waals surface area contributed by atoms with Crippen molar-refractivity contribution in [2.24, 2.45) is 0 Å². The molecule has 1 saturated heterocycles. The van der Waals surface area contributed by atoms with Gasteiger partial charge in [0.15, 0.2) is 5.11 Å². The van der Waals surface area contributed by atoms with Crippen molar-refractivity contribution in [3.63, 3.8) is 0 Å². The summed E-state index contributed by atoms with van der Waals surface area (Å²) in [4.78, 5) is 2.08. The van der Waals surface area contributed by atoms with E-state index in [9.17, 15) is 0 Å². The van der Waals surface area contributed by atoms with Gasteiger partial charge in [-0.05, 0) is 30.8 Å². The Morgan fingerprint density at radius 2 is 2.20 bits per heavy atom. The highest BCUT2D eigenvalue weighted by molar-refractivity contribution is 7.80. The smallest absolute Gasteiger partial charge is 0.173 e. The van der Waals surface area contributed by atoms with E-state index in [0.717, 1.165) is 36.1 Å². The Hall–Kier alpha value is -1.29. The molecule has 1 aliphatic rings. The molecule has 0 radical (unpaired) electrons. The van der Waals surface area contributed by atoms with Crippen LogP contribution in [0.4, 0.5) is 5.69 Å². The standard InChI is InChI=1S/C11H14N2OS/c1-14-10-6-3-2-5-9(10)13-8-4-7-12-11(13)15/h2-3,5-6H,4,7-8H2,1H3,(H,12,15). The average molecular weight is 222 g/mol. The minimum absolute atomic E-state index is 0.783. The predicted molar refractivity (Wildman–Crippen MR) is 65.6 cm³/mol. The molecule has 0 saturated carbocycles. The minimum atomic E-state index is 0.783. The first kappa shape index (κ1) is 10.2. The predicted octanol–water partition coefficient (Wildman–Crippen LogP) is 1.78. The van der Waals surface area contributed by atoms with Crippen LogP contribution in [0.2, 0.25) is 0 Å². The van der Waals surface area contributed by atoms with Crippen molar-refractivity contribution in [1.29, 1.82) is 0 Å². The third-order valence-electron chi connectivity index (χ3n) is 2.46. The summed E-state index contributed by atoms with van der Waals surface area (Å²) in [6.45, 7) is 1.91. The molecular weight excluding hydrogens is 208 g/mol. The van der Waals surface area contributed by atoms with Crippen molar-refractivity contribution in [1.82, 2.24) is 5.32 Å². The number of rotatable bonds is 2. The molecular formula is C11H14N2OS. The lowest BCUT2D eigenvalue weighted by Crippen LogP contribution is -2.46. The number of ether oxygens (including phenoxy) is 1. The summed E-state index contributed by atoms with van der Waals surface area (Å²) in [5.41, 5.74) is 1.04. The number of para-hydroxylation sites is 2. The molecule has 0 unspecified atom stereocenters. The Morgan fingerprint density at radius 1 is 1.40 bits per heavy atom. The molecule has 3 nitrogen and oxygen atoms in total. The van der Waals surface area contributed by atoms with E-state index in [0.29, 0.717) is 0 Å². The molecule has 2 rings (SSSR count). The summed E-state index contributed by atoms with van der Waals surface area (Å²) >= 11 is 5.28. The quantitative estimate of drug-likeness (QED) is 0.771. The van der Waals surface area contributed by atoms with Gasteiger partial charge >= 0.3 is 0 Å². The van der Waals surface area contributed by atoms with Crippen molar-refractivity contribution in [3.8, 4) is 5.75 Å². The van der Waals surface area contributed by atoms with Crippen LogP contribution in [0.25, 0.3) is 0 Å². The molecule has 0 amide bonds. The first-order chi connectivity index (χ1) is 7.33. The normalized spacial score (nSPS) is 16.1. The zero-order valence-electron chi connectivity index (χ0n) is 8.69. The molecule has 0 aliphatic carbocycles. The van der Waals surface area contributed by atoms with Gasteiger partial charge in [0, 0.05) is 13.1 Å². The zero-order chi connectivity index (χ0) is 10.7. The van der Waals surface area contributed by atoms with Gasteiger partial charge < -0.3 is 15.0 Å². The summed E-state index contributed by atoms with van der Waals surface area (Å²) in [5.74, 6) is 0.864. The summed E-state index contributed by atoms with van der Waals surface area (Å²) in [5, 5.41) is 3.97. The fourth-order valence-electron chi connectivity index (χ4n) is 1.71. The summed E-state index contributed by atoms with van der Waals surface area (Å²) in [7, 11) is 1.68. The second-order valence-electron chi connectivity index (χ2n) is 3.41. The van der Waals surface area contributed by atoms with Crippen molar-refractivity contribution in [2.75, 3.05) is 25.1 Å². The van der Waals surface area contributed by atoms with E-state index in [2.05, 4.69) is 10.2 Å². The molecule has 4 heteroatoms. The van der Waals surface area contributed by atoms with Gasteiger partial charge in [0.2, 0.25) is 0 Å². The number of nitrogens with one attached hydrogen (secondary N) is 1. The van der Waals surface area contributed by atoms with Gasteiger partial charge in [-0.15, -0.1) is 0 Å². The lowest BCUT2D eigenvalue weighted by molar-refractivity contribution is 0.415. The van der Waals surface area contributed by atoms with Crippen LogP contribution in [0.15, 0.2) is 24.3 Å². The van der Waals surface area contributed by atoms with E-state index in [-0.39, 0.29) is 0 Å². The van der Waals surface area contributed by atoms with Crippen LogP contribution in [0.5, 0.6) is 5.75 Å². The first-order valence-corrected chi connectivity index (χ1v) is 5.42. The highest BCUT2D eigenvalue weighted by Gasteiger charge is 2.18. The van der Waals surface area contributed by atoms with Gasteiger partial charge in [-0.2, -0.15) is 0 Å². The largest absolute Gasteiger partial charge is 0.495 e. The molecule has 0 atom stereocenters. The van der Waals surface area contributed by atoms with Crippen LogP contribution < -0.4 is 15.0 Å². The molecule has 1 N–H and O–H groups in total. The van der Waals surface area contributed by atoms with E-state index in [1.807, 2.05) is 24.3 Å². The molecule has 0 spiro atoms. The van der Waals surface area contributed by atoms with Gasteiger partial charge in [0.1, 0.15) is 5.75 Å². The summed E-state index contributed by atoms with van der Waals surface area (Å²) in [6, 6.07) is 7.93. The monoisotopic (exact) mass is 222 g/mol. The van der Waals surface area contributed by atoms with E-state index >= 15 is 0 Å². The van der Waals surface area contributed by atoms with Gasteiger partial charge in [-0.1, -0.05) is 12.1 Å². The topological polar surface area (TPSA) is 24.5 Å². The highest BCUT2D eigenvalue weighted by atomic mass is 32.1. The molecule has 0 bridgehead atoms. The number of hydrogen-bond acceptors (Lipinski definition) is 2. The van der Waals surface area contributed by atoms with Crippen LogP contribution in [-0.2, 0) is 0 Å². The highest BCUT2D eigenvalue weighted by Crippen LogP contribution is 2.28. The number of hydrogen-bond donors (Lipinski definition) is 1. The fraction of sp³-hybridized carbons (Fsp3) is 0.364. The van der Waals surface area contributed by atoms with E-state index in [1.54, 1.807) is 7.11 Å². The zero-order valence-corrected chi connectivity index (χ0v) is 9.51. The molecule has 1 aliphatic heterocycles. The number of thiocarbonyl (C=S) groups is 1. The number of benzene rings is 1. The maximum atomic E-state index is 5.32. The maximum Gasteiger partial charge on any atom is 0.173 e. The molecule has 80 valence electrons. The van der Waals surface area contributed by atoms with Crippen molar-refractivity contribution < 1.29 is 4.74 Å². The van der Waals surface area contributed by atoms with Crippen LogP contribution in [0.1, 0.15) is 6.42 Å². The van der Waals surface area contributed by atoms with E-state index < -0.39 is 0 Å². The number of methoxy groups -OCH3 is 1. The van der Waals surface area contributed by atoms with Crippen LogP contribution in [0, 0.1) is 0 Å². The van der Waals surface area contributed by atoms with Gasteiger partial charge in [0.05, 0.1) is 12.8 Å². The Morgan fingerprint density at radius 3 is 2.93 bits per heavy atom. The molecule has 1 fully saturated rings. The van der Waals surface area contributed by atoms with Crippen LogP contribution in [-0.4, -0.2) is 25.3 Å². The second kappa shape index (κ2) is 4.49. The molecule has 1 aromatic rings. The van der Waals surface area contributed by atoms with Crippen molar-refractivity contribution in [2.45, 2.75) is 6.42 Å². The summed E-state index contributed by atoms with van der Waals surface area (Å²) in [6.07, 6.45) is 1.10. The molecule has 15 heavy (non-hydrogen) atoms. The maximum absolute atomic E-state index is 5.32. The Labute approximate surface area is 95.0 Å². The second-order valence-corrected chi connectivity index (χ2v) is 3.80. The Bertz CT molecular complexity index is 367.